The predicted octanol–water partition coefficient (Wildman–Crippen LogP) is 1.83. The van der Waals surface area contributed by atoms with Crippen LogP contribution in [0, 0.1) is 0 Å². The van der Waals surface area contributed by atoms with Crippen LogP contribution in [0.15, 0.2) is 29.4 Å². The fraction of sp³-hybridized carbons (Fsp3) is 0.333. The molecule has 0 bridgehead atoms. The standard InChI is InChI=1S/C12H15NO4/c1-3-16-12(14)8-17-11-7-5-4-6-10(11)9(2)13-15/h4-7,15H,3,8H2,1-2H3/b13-9-. The first-order valence-electron chi connectivity index (χ1n) is 5.25. The maximum atomic E-state index is 11.1. The van der Waals surface area contributed by atoms with E-state index in [4.69, 9.17) is 14.7 Å². The lowest BCUT2D eigenvalue weighted by Crippen LogP contribution is -2.15. The summed E-state index contributed by atoms with van der Waals surface area (Å²) in [7, 11) is 0. The van der Waals surface area contributed by atoms with Gasteiger partial charge in [-0.05, 0) is 26.0 Å². The largest absolute Gasteiger partial charge is 0.481 e. The molecule has 0 atom stereocenters. The summed E-state index contributed by atoms with van der Waals surface area (Å²) < 4.78 is 10.1. The molecular weight excluding hydrogens is 222 g/mol. The van der Waals surface area contributed by atoms with Crippen molar-refractivity contribution in [3.63, 3.8) is 0 Å². The molecule has 0 unspecified atom stereocenters. The van der Waals surface area contributed by atoms with E-state index in [0.717, 1.165) is 0 Å². The van der Waals surface area contributed by atoms with Gasteiger partial charge < -0.3 is 14.7 Å². The molecule has 0 saturated carbocycles. The van der Waals surface area contributed by atoms with Crippen LogP contribution in [-0.4, -0.2) is 30.1 Å². The normalized spacial score (nSPS) is 11.1. The van der Waals surface area contributed by atoms with Gasteiger partial charge in [0.05, 0.1) is 12.3 Å². The number of ether oxygens (including phenoxy) is 2. The average molecular weight is 237 g/mol. The van der Waals surface area contributed by atoms with Crippen molar-refractivity contribution in [1.29, 1.82) is 0 Å². The van der Waals surface area contributed by atoms with E-state index in [2.05, 4.69) is 5.16 Å². The highest BCUT2D eigenvalue weighted by molar-refractivity contribution is 6.00. The second-order valence-corrected chi connectivity index (χ2v) is 3.28. The molecule has 0 aromatic heterocycles. The predicted molar refractivity (Wildman–Crippen MR) is 62.6 cm³/mol. The van der Waals surface area contributed by atoms with Gasteiger partial charge in [0.2, 0.25) is 0 Å². The summed E-state index contributed by atoms with van der Waals surface area (Å²) >= 11 is 0. The monoisotopic (exact) mass is 237 g/mol. The maximum absolute atomic E-state index is 11.1. The van der Waals surface area contributed by atoms with E-state index in [-0.39, 0.29) is 6.61 Å². The zero-order valence-corrected chi connectivity index (χ0v) is 9.84. The Kier molecular flexibility index (Phi) is 5.00. The number of para-hydroxylation sites is 1. The molecular formula is C12H15NO4. The van der Waals surface area contributed by atoms with E-state index in [9.17, 15) is 4.79 Å². The lowest BCUT2D eigenvalue weighted by atomic mass is 10.1. The SMILES string of the molecule is CCOC(=O)COc1ccccc1/C(C)=N\O. The van der Waals surface area contributed by atoms with Crippen LogP contribution in [0.5, 0.6) is 5.75 Å². The van der Waals surface area contributed by atoms with Crippen LogP contribution in [0.25, 0.3) is 0 Å². The number of nitrogens with zero attached hydrogens (tertiary/aromatic N) is 1. The maximum Gasteiger partial charge on any atom is 0.344 e. The van der Waals surface area contributed by atoms with Gasteiger partial charge in [0.15, 0.2) is 6.61 Å². The van der Waals surface area contributed by atoms with E-state index < -0.39 is 5.97 Å². The Morgan fingerprint density at radius 3 is 2.76 bits per heavy atom. The molecule has 0 radical (unpaired) electrons. The summed E-state index contributed by atoms with van der Waals surface area (Å²) in [5, 5.41) is 11.8. The van der Waals surface area contributed by atoms with E-state index in [1.165, 1.54) is 0 Å². The summed E-state index contributed by atoms with van der Waals surface area (Å²) in [6.07, 6.45) is 0. The van der Waals surface area contributed by atoms with Crippen molar-refractivity contribution >= 4 is 11.7 Å². The number of carbonyl (C=O) groups excluding carboxylic acids is 1. The Bertz CT molecular complexity index is 415. The summed E-state index contributed by atoms with van der Waals surface area (Å²) in [4.78, 5) is 11.1. The van der Waals surface area contributed by atoms with Crippen LogP contribution in [0.4, 0.5) is 0 Å². The number of hydrogen-bond acceptors (Lipinski definition) is 5. The van der Waals surface area contributed by atoms with Crippen molar-refractivity contribution in [2.75, 3.05) is 13.2 Å². The molecule has 0 heterocycles. The van der Waals surface area contributed by atoms with Crippen LogP contribution in [0.3, 0.4) is 0 Å². The fourth-order valence-electron chi connectivity index (χ4n) is 1.28. The van der Waals surface area contributed by atoms with Crippen molar-refractivity contribution in [3.05, 3.63) is 29.8 Å². The first-order valence-corrected chi connectivity index (χ1v) is 5.25. The molecule has 0 spiro atoms. The van der Waals surface area contributed by atoms with Crippen LogP contribution in [0.1, 0.15) is 19.4 Å². The summed E-state index contributed by atoms with van der Waals surface area (Å²) in [6.45, 7) is 3.53. The molecule has 1 rings (SSSR count). The molecule has 0 fully saturated rings. The summed E-state index contributed by atoms with van der Waals surface area (Å²) in [6, 6.07) is 7.01. The van der Waals surface area contributed by atoms with E-state index >= 15 is 0 Å². The Labute approximate surface area is 99.7 Å². The van der Waals surface area contributed by atoms with Gasteiger partial charge in [0, 0.05) is 5.56 Å². The molecule has 92 valence electrons. The number of rotatable bonds is 5. The van der Waals surface area contributed by atoms with Gasteiger partial charge in [-0.1, -0.05) is 17.3 Å². The quantitative estimate of drug-likeness (QED) is 0.367. The molecule has 0 aliphatic rings. The Balaban J connectivity index is 2.74. The molecule has 0 saturated heterocycles. The molecule has 0 aliphatic heterocycles. The zero-order valence-electron chi connectivity index (χ0n) is 9.84. The van der Waals surface area contributed by atoms with Crippen molar-refractivity contribution in [3.8, 4) is 5.75 Å². The summed E-state index contributed by atoms with van der Waals surface area (Å²) in [5.41, 5.74) is 1.06. The average Bonchev–Trinajstić information content (AvgIpc) is 2.36. The minimum absolute atomic E-state index is 0.163. The minimum atomic E-state index is -0.430. The second kappa shape index (κ2) is 6.52. The van der Waals surface area contributed by atoms with E-state index in [1.807, 2.05) is 0 Å². The van der Waals surface area contributed by atoms with Gasteiger partial charge in [0.1, 0.15) is 5.75 Å². The van der Waals surface area contributed by atoms with Gasteiger partial charge >= 0.3 is 5.97 Å². The molecule has 1 N–H and O–H groups in total. The van der Waals surface area contributed by atoms with Crippen molar-refractivity contribution in [2.45, 2.75) is 13.8 Å². The third-order valence-electron chi connectivity index (χ3n) is 2.08. The van der Waals surface area contributed by atoms with Gasteiger partial charge in [-0.3, -0.25) is 0 Å². The van der Waals surface area contributed by atoms with Crippen LogP contribution >= 0.6 is 0 Å². The Hall–Kier alpha value is -2.04. The molecule has 5 nitrogen and oxygen atoms in total. The third-order valence-corrected chi connectivity index (χ3v) is 2.08. The lowest BCUT2D eigenvalue weighted by molar-refractivity contribution is -0.145. The highest BCUT2D eigenvalue weighted by atomic mass is 16.6. The van der Waals surface area contributed by atoms with Crippen LogP contribution in [0.2, 0.25) is 0 Å². The van der Waals surface area contributed by atoms with Gasteiger partial charge in [0.25, 0.3) is 0 Å². The fourth-order valence-corrected chi connectivity index (χ4v) is 1.28. The molecule has 5 heteroatoms. The number of carbonyl (C=O) groups is 1. The first kappa shape index (κ1) is 13.0. The van der Waals surface area contributed by atoms with Gasteiger partial charge in [-0.25, -0.2) is 4.79 Å². The second-order valence-electron chi connectivity index (χ2n) is 3.28. The highest BCUT2D eigenvalue weighted by Gasteiger charge is 2.09. The third kappa shape index (κ3) is 3.79. The number of hydrogen-bond donors (Lipinski definition) is 1. The van der Waals surface area contributed by atoms with Crippen LogP contribution < -0.4 is 4.74 Å². The number of oxime groups is 1. The first-order chi connectivity index (χ1) is 8.19. The Morgan fingerprint density at radius 1 is 1.41 bits per heavy atom. The lowest BCUT2D eigenvalue weighted by Gasteiger charge is -2.09. The molecule has 17 heavy (non-hydrogen) atoms. The van der Waals surface area contributed by atoms with Gasteiger partial charge in [-0.2, -0.15) is 0 Å². The highest BCUT2D eigenvalue weighted by Crippen LogP contribution is 2.18. The summed E-state index contributed by atoms with van der Waals surface area (Å²) in [5.74, 6) is 0.0525. The van der Waals surface area contributed by atoms with E-state index in [0.29, 0.717) is 23.6 Å². The van der Waals surface area contributed by atoms with Crippen molar-refractivity contribution in [1.82, 2.24) is 0 Å². The van der Waals surface area contributed by atoms with Gasteiger partial charge in [-0.15, -0.1) is 0 Å². The minimum Gasteiger partial charge on any atom is -0.481 e. The number of esters is 1. The smallest absolute Gasteiger partial charge is 0.344 e. The van der Waals surface area contributed by atoms with Crippen LogP contribution in [-0.2, 0) is 9.53 Å². The topological polar surface area (TPSA) is 68.1 Å². The molecule has 1 aromatic carbocycles. The van der Waals surface area contributed by atoms with E-state index in [1.54, 1.807) is 38.1 Å². The Morgan fingerprint density at radius 2 is 2.12 bits per heavy atom. The van der Waals surface area contributed by atoms with Crippen molar-refractivity contribution < 1.29 is 19.5 Å². The zero-order chi connectivity index (χ0) is 12.7. The van der Waals surface area contributed by atoms with Crippen molar-refractivity contribution in [2.24, 2.45) is 5.16 Å². The number of benzene rings is 1. The molecule has 0 amide bonds. The molecule has 0 aliphatic carbocycles. The molecule has 1 aromatic rings.